The lowest BCUT2D eigenvalue weighted by molar-refractivity contribution is 0.0723. The number of aromatic nitrogens is 3. The average molecular weight is 237 g/mol. The van der Waals surface area contributed by atoms with Gasteiger partial charge in [-0.25, -0.2) is 0 Å². The van der Waals surface area contributed by atoms with E-state index in [4.69, 9.17) is 0 Å². The highest BCUT2D eigenvalue weighted by Gasteiger charge is 2.21. The zero-order valence-electron chi connectivity index (χ0n) is 10.1. The topological polar surface area (TPSA) is 73.9 Å². The minimum absolute atomic E-state index is 0.0353. The fourth-order valence-electron chi connectivity index (χ4n) is 2.21. The molecule has 0 spiro atoms. The number of carbonyl (C=O) groups is 1. The number of nitrogens with one attached hydrogen (secondary N) is 2. The minimum Gasteiger partial charge on any atom is -0.337 e. The molecule has 1 amide bonds. The molecule has 1 aliphatic heterocycles. The van der Waals surface area contributed by atoms with Gasteiger partial charge in [0.1, 0.15) is 0 Å². The fourth-order valence-corrected chi connectivity index (χ4v) is 2.21. The summed E-state index contributed by atoms with van der Waals surface area (Å²) in [5, 5.41) is 13.3. The molecule has 94 valence electrons. The highest BCUT2D eigenvalue weighted by atomic mass is 16.2. The van der Waals surface area contributed by atoms with Crippen LogP contribution in [-0.4, -0.2) is 52.4 Å². The van der Waals surface area contributed by atoms with Crippen molar-refractivity contribution >= 4 is 5.91 Å². The van der Waals surface area contributed by atoms with Crippen LogP contribution < -0.4 is 5.32 Å². The zero-order valence-corrected chi connectivity index (χ0v) is 10.1. The third-order valence-corrected chi connectivity index (χ3v) is 3.18. The smallest absolute Gasteiger partial charge is 0.276 e. The summed E-state index contributed by atoms with van der Waals surface area (Å²) in [6.07, 6.45) is 3.86. The lowest BCUT2D eigenvalue weighted by Gasteiger charge is -2.29. The number of amides is 1. The van der Waals surface area contributed by atoms with E-state index in [0.717, 1.165) is 19.6 Å². The monoisotopic (exact) mass is 237 g/mol. The maximum Gasteiger partial charge on any atom is 0.276 e. The first-order valence-electron chi connectivity index (χ1n) is 6.17. The molecule has 0 bridgehead atoms. The molecule has 2 heterocycles. The van der Waals surface area contributed by atoms with Crippen LogP contribution in [0.5, 0.6) is 0 Å². The fraction of sp³-hybridized carbons (Fsp3) is 0.727. The second kappa shape index (κ2) is 5.77. The van der Waals surface area contributed by atoms with Crippen LogP contribution in [0.2, 0.25) is 0 Å². The number of rotatable bonds is 4. The summed E-state index contributed by atoms with van der Waals surface area (Å²) in [6.45, 7) is 5.61. The highest BCUT2D eigenvalue weighted by molar-refractivity contribution is 5.91. The van der Waals surface area contributed by atoms with Gasteiger partial charge in [-0.05, 0) is 38.8 Å². The Bertz CT molecular complexity index is 345. The molecule has 6 heteroatoms. The van der Waals surface area contributed by atoms with E-state index < -0.39 is 0 Å². The van der Waals surface area contributed by atoms with E-state index >= 15 is 0 Å². The quantitative estimate of drug-likeness (QED) is 0.788. The normalized spacial score (nSPS) is 20.2. The molecule has 0 aromatic carbocycles. The largest absolute Gasteiger partial charge is 0.337 e. The Morgan fingerprint density at radius 2 is 2.53 bits per heavy atom. The number of aromatic amines is 1. The molecule has 6 nitrogen and oxygen atoms in total. The molecular weight excluding hydrogens is 218 g/mol. The van der Waals surface area contributed by atoms with Gasteiger partial charge in [0.25, 0.3) is 5.91 Å². The van der Waals surface area contributed by atoms with Crippen LogP contribution >= 0.6 is 0 Å². The van der Waals surface area contributed by atoms with Gasteiger partial charge in [-0.3, -0.25) is 4.79 Å². The molecule has 1 aliphatic rings. The van der Waals surface area contributed by atoms with E-state index in [1.54, 1.807) is 0 Å². The van der Waals surface area contributed by atoms with E-state index in [1.165, 1.54) is 19.0 Å². The Kier molecular flexibility index (Phi) is 4.08. The average Bonchev–Trinajstić information content (AvgIpc) is 2.90. The molecule has 2 rings (SSSR count). The van der Waals surface area contributed by atoms with Crippen molar-refractivity contribution in [2.24, 2.45) is 5.92 Å². The Hall–Kier alpha value is -1.43. The lowest BCUT2D eigenvalue weighted by Crippen LogP contribution is -2.41. The molecule has 1 unspecified atom stereocenters. The van der Waals surface area contributed by atoms with Gasteiger partial charge < -0.3 is 10.2 Å². The van der Waals surface area contributed by atoms with E-state index in [-0.39, 0.29) is 5.91 Å². The molecule has 0 radical (unpaired) electrons. The number of H-pyrrole nitrogens is 1. The first kappa shape index (κ1) is 12.0. The van der Waals surface area contributed by atoms with Crippen LogP contribution in [0.4, 0.5) is 0 Å². The third-order valence-electron chi connectivity index (χ3n) is 3.18. The summed E-state index contributed by atoms with van der Waals surface area (Å²) in [6, 6.07) is 0. The first-order chi connectivity index (χ1) is 8.31. The van der Waals surface area contributed by atoms with Crippen molar-refractivity contribution in [3.8, 4) is 0 Å². The van der Waals surface area contributed by atoms with Gasteiger partial charge in [0, 0.05) is 13.1 Å². The van der Waals surface area contributed by atoms with E-state index in [2.05, 4.69) is 20.7 Å². The summed E-state index contributed by atoms with van der Waals surface area (Å²) < 4.78 is 0. The second-order valence-corrected chi connectivity index (χ2v) is 4.41. The molecule has 1 atom stereocenters. The Morgan fingerprint density at radius 1 is 1.65 bits per heavy atom. The highest BCUT2D eigenvalue weighted by Crippen LogP contribution is 2.13. The molecule has 0 saturated carbocycles. The minimum atomic E-state index is -0.0353. The van der Waals surface area contributed by atoms with Gasteiger partial charge >= 0.3 is 0 Å². The van der Waals surface area contributed by atoms with E-state index in [9.17, 15) is 4.79 Å². The Morgan fingerprint density at radius 3 is 3.12 bits per heavy atom. The van der Waals surface area contributed by atoms with Crippen LogP contribution in [0.25, 0.3) is 0 Å². The van der Waals surface area contributed by atoms with Crippen LogP contribution in [0, 0.1) is 5.92 Å². The van der Waals surface area contributed by atoms with Crippen LogP contribution in [0.1, 0.15) is 30.3 Å². The molecule has 17 heavy (non-hydrogen) atoms. The number of hydrogen-bond donors (Lipinski definition) is 2. The number of piperidine rings is 1. The Labute approximate surface area is 101 Å². The van der Waals surface area contributed by atoms with Gasteiger partial charge in [-0.2, -0.15) is 15.4 Å². The van der Waals surface area contributed by atoms with Crippen molar-refractivity contribution in [1.82, 2.24) is 25.6 Å². The van der Waals surface area contributed by atoms with Crippen LogP contribution in [-0.2, 0) is 0 Å². The van der Waals surface area contributed by atoms with Crippen molar-refractivity contribution < 1.29 is 4.79 Å². The number of nitrogens with zero attached hydrogens (tertiary/aromatic N) is 3. The number of carbonyl (C=O) groups excluding carboxylic acids is 1. The summed E-state index contributed by atoms with van der Waals surface area (Å²) in [7, 11) is 0. The van der Waals surface area contributed by atoms with Crippen LogP contribution in [0.3, 0.4) is 0 Å². The van der Waals surface area contributed by atoms with Gasteiger partial charge in [-0.1, -0.05) is 0 Å². The van der Waals surface area contributed by atoms with Gasteiger partial charge in [0.15, 0.2) is 5.69 Å². The maximum absolute atomic E-state index is 12.1. The van der Waals surface area contributed by atoms with Crippen molar-refractivity contribution in [2.75, 3.05) is 26.2 Å². The molecule has 1 aromatic rings. The zero-order chi connectivity index (χ0) is 12.1. The standard InChI is InChI=1S/C11H19N5O/c1-2-16(8-9-4-3-5-12-6-9)11(17)10-7-13-15-14-10/h7,9,12H,2-6,8H2,1H3,(H,13,14,15). The molecule has 2 N–H and O–H groups in total. The summed E-state index contributed by atoms with van der Waals surface area (Å²) in [5.74, 6) is 0.520. The van der Waals surface area contributed by atoms with E-state index in [0.29, 0.717) is 18.2 Å². The molecular formula is C11H19N5O. The van der Waals surface area contributed by atoms with Gasteiger partial charge in [-0.15, -0.1) is 0 Å². The molecule has 1 fully saturated rings. The van der Waals surface area contributed by atoms with Gasteiger partial charge in [0.05, 0.1) is 6.20 Å². The van der Waals surface area contributed by atoms with Crippen molar-refractivity contribution in [3.63, 3.8) is 0 Å². The molecule has 0 aliphatic carbocycles. The Balaban J connectivity index is 1.93. The third kappa shape index (κ3) is 3.03. The van der Waals surface area contributed by atoms with Crippen molar-refractivity contribution in [1.29, 1.82) is 0 Å². The summed E-state index contributed by atoms with van der Waals surface area (Å²) in [4.78, 5) is 13.9. The number of hydrogen-bond acceptors (Lipinski definition) is 4. The maximum atomic E-state index is 12.1. The van der Waals surface area contributed by atoms with Crippen LogP contribution in [0.15, 0.2) is 6.20 Å². The second-order valence-electron chi connectivity index (χ2n) is 4.41. The predicted octanol–water partition coefficient (Wildman–Crippen LogP) is 0.266. The molecule has 1 saturated heterocycles. The summed E-state index contributed by atoms with van der Waals surface area (Å²) in [5.41, 5.74) is 0.399. The van der Waals surface area contributed by atoms with Crippen molar-refractivity contribution in [2.45, 2.75) is 19.8 Å². The SMILES string of the molecule is CCN(CC1CCCNC1)C(=O)c1cn[nH]n1. The van der Waals surface area contributed by atoms with Crippen molar-refractivity contribution in [3.05, 3.63) is 11.9 Å². The first-order valence-corrected chi connectivity index (χ1v) is 6.17. The predicted molar refractivity (Wildman–Crippen MR) is 63.6 cm³/mol. The molecule has 1 aromatic heterocycles. The van der Waals surface area contributed by atoms with Gasteiger partial charge in [0.2, 0.25) is 0 Å². The summed E-state index contributed by atoms with van der Waals surface area (Å²) >= 11 is 0. The lowest BCUT2D eigenvalue weighted by atomic mass is 9.99. The van der Waals surface area contributed by atoms with E-state index in [1.807, 2.05) is 11.8 Å².